The number of thiocarbonyl (C=S) groups is 1. The van der Waals surface area contributed by atoms with Crippen LogP contribution >= 0.6 is 12.2 Å². The van der Waals surface area contributed by atoms with Crippen molar-refractivity contribution in [1.82, 2.24) is 25.5 Å². The van der Waals surface area contributed by atoms with Crippen LogP contribution in [0, 0.1) is 0 Å². The van der Waals surface area contributed by atoms with E-state index in [1.165, 1.54) is 16.7 Å². The Hall–Kier alpha value is -4.56. The molecule has 0 saturated heterocycles. The minimum Gasteiger partial charge on any atom is -0.384 e. The third-order valence-corrected chi connectivity index (χ3v) is 8.40. The molecule has 7 nitrogen and oxygen atoms in total. The summed E-state index contributed by atoms with van der Waals surface area (Å²) < 4.78 is 1.87. The first-order valence-corrected chi connectivity index (χ1v) is 16.1. The lowest BCUT2D eigenvalue weighted by Gasteiger charge is -2.22. The van der Waals surface area contributed by atoms with Gasteiger partial charge in [0.05, 0.1) is 34.2 Å². The molecule has 2 aliphatic carbocycles. The van der Waals surface area contributed by atoms with E-state index < -0.39 is 0 Å². The Morgan fingerprint density at radius 1 is 1.09 bits per heavy atom. The summed E-state index contributed by atoms with van der Waals surface area (Å²) in [6.07, 6.45) is 8.02. The largest absolute Gasteiger partial charge is 0.384 e. The molecule has 240 valence electrons. The third-order valence-electron chi connectivity index (χ3n) is 8.21. The van der Waals surface area contributed by atoms with Crippen LogP contribution in [-0.2, 0) is 17.9 Å². The third kappa shape index (κ3) is 8.17. The second-order valence-electron chi connectivity index (χ2n) is 11.9. The number of rotatable bonds is 13. The van der Waals surface area contributed by atoms with Crippen LogP contribution in [0.15, 0.2) is 107 Å². The van der Waals surface area contributed by atoms with Gasteiger partial charge in [0, 0.05) is 36.9 Å². The number of carbonyl (C=O) groups excluding carboxylic acids is 1. The standard InChI is InChI=1S/C38H46N6OS/c1-10-39-38-43-35(27(7)40-21-30-13-11-14-31(18-30)22-41-34-20-37(45)25(34)5)19-36(44(38)29(9)46)28(8)42-26(6)32-15-12-16-33(23(2)3)24(4)17-32/h11,13-19,26,40-42H,2,7-8,10,12,20-22H2,1,3-6,9H3/t26-/m1/s1. The maximum atomic E-state index is 11.6. The number of hydrogen-bond acceptors (Lipinski definition) is 7. The topological polar surface area (TPSA) is 83.3 Å². The molecule has 1 heterocycles. The molecule has 4 rings (SSSR count). The number of aromatic nitrogens is 2. The summed E-state index contributed by atoms with van der Waals surface area (Å²) in [4.78, 5) is 21.7. The minimum absolute atomic E-state index is 0.00421. The van der Waals surface area contributed by atoms with Crippen LogP contribution in [0.3, 0.4) is 0 Å². The van der Waals surface area contributed by atoms with Gasteiger partial charge in [0.1, 0.15) is 0 Å². The Balaban J connectivity index is 1.54. The molecule has 2 aliphatic rings. The highest BCUT2D eigenvalue weighted by atomic mass is 32.1. The SMILES string of the molecule is C=C(C)C1=CCC=C([C@@H](C)NC(=C)c2cc(C(=C)NCc3cccc(CNC4=C(C)C(=O)C4)c3)nc(=NCC)n2C(C)=S)C=C1C. The summed E-state index contributed by atoms with van der Waals surface area (Å²) in [5.74, 6) is 0.214. The van der Waals surface area contributed by atoms with E-state index in [0.29, 0.717) is 53.7 Å². The highest BCUT2D eigenvalue weighted by Gasteiger charge is 2.22. The molecule has 0 saturated carbocycles. The van der Waals surface area contributed by atoms with Gasteiger partial charge in [-0.3, -0.25) is 14.4 Å². The number of hydrogen-bond donors (Lipinski definition) is 3. The van der Waals surface area contributed by atoms with E-state index >= 15 is 0 Å². The van der Waals surface area contributed by atoms with Gasteiger partial charge >= 0.3 is 0 Å². The summed E-state index contributed by atoms with van der Waals surface area (Å²) in [6, 6.07) is 10.3. The van der Waals surface area contributed by atoms with Crippen LogP contribution < -0.4 is 21.6 Å². The summed E-state index contributed by atoms with van der Waals surface area (Å²) in [6.45, 7) is 26.7. The van der Waals surface area contributed by atoms with Crippen molar-refractivity contribution >= 4 is 34.4 Å². The molecule has 8 heteroatoms. The molecule has 46 heavy (non-hydrogen) atoms. The molecule has 0 spiro atoms. The number of benzene rings is 1. The lowest BCUT2D eigenvalue weighted by atomic mass is 9.94. The lowest BCUT2D eigenvalue weighted by Crippen LogP contribution is -2.35. The lowest BCUT2D eigenvalue weighted by molar-refractivity contribution is -0.116. The fourth-order valence-corrected chi connectivity index (χ4v) is 5.74. The molecule has 0 bridgehead atoms. The smallest absolute Gasteiger partial charge is 0.231 e. The summed E-state index contributed by atoms with van der Waals surface area (Å²) in [5.41, 5.74) is 12.1. The van der Waals surface area contributed by atoms with Gasteiger partial charge < -0.3 is 16.0 Å². The molecule has 2 aromatic rings. The van der Waals surface area contributed by atoms with E-state index in [1.807, 2.05) is 44.4 Å². The number of allylic oxidation sites excluding steroid dienone is 7. The first-order chi connectivity index (χ1) is 21.9. The minimum atomic E-state index is -0.00421. The van der Waals surface area contributed by atoms with E-state index in [9.17, 15) is 4.79 Å². The zero-order valence-corrected chi connectivity index (χ0v) is 28.8. The fourth-order valence-electron chi connectivity index (χ4n) is 5.56. The van der Waals surface area contributed by atoms with Crippen molar-refractivity contribution in [2.24, 2.45) is 4.99 Å². The van der Waals surface area contributed by atoms with Crippen molar-refractivity contribution in [3.05, 3.63) is 130 Å². The van der Waals surface area contributed by atoms with E-state index in [4.69, 9.17) is 17.2 Å². The van der Waals surface area contributed by atoms with E-state index in [2.05, 4.69) is 91.0 Å². The normalized spacial score (nSPS) is 15.6. The van der Waals surface area contributed by atoms with Crippen molar-refractivity contribution in [3.8, 4) is 0 Å². The highest BCUT2D eigenvalue weighted by molar-refractivity contribution is 7.80. The predicted octanol–water partition coefficient (Wildman–Crippen LogP) is 6.82. The molecule has 1 atom stereocenters. The van der Waals surface area contributed by atoms with E-state index in [0.717, 1.165) is 40.1 Å². The zero-order chi connectivity index (χ0) is 33.5. The predicted molar refractivity (Wildman–Crippen MR) is 194 cm³/mol. The van der Waals surface area contributed by atoms with Gasteiger partial charge in [0.25, 0.3) is 0 Å². The highest BCUT2D eigenvalue weighted by Crippen LogP contribution is 2.25. The average Bonchev–Trinajstić information content (AvgIpc) is 3.23. The van der Waals surface area contributed by atoms with Crippen LogP contribution in [0.4, 0.5) is 0 Å². The first-order valence-electron chi connectivity index (χ1n) is 15.7. The van der Waals surface area contributed by atoms with E-state index in [1.54, 1.807) is 0 Å². The number of carbonyl (C=O) groups is 1. The molecule has 0 amide bonds. The van der Waals surface area contributed by atoms with E-state index in [-0.39, 0.29) is 11.8 Å². The van der Waals surface area contributed by atoms with Gasteiger partial charge in [-0.2, -0.15) is 0 Å². The average molecular weight is 635 g/mol. The van der Waals surface area contributed by atoms with Crippen molar-refractivity contribution in [2.45, 2.75) is 73.5 Å². The Morgan fingerprint density at radius 3 is 2.43 bits per heavy atom. The van der Waals surface area contributed by atoms with Gasteiger partial charge in [0.15, 0.2) is 5.78 Å². The molecule has 0 radical (unpaired) electrons. The quantitative estimate of drug-likeness (QED) is 0.210. The van der Waals surface area contributed by atoms with Crippen LogP contribution in [-0.4, -0.2) is 32.9 Å². The first kappa shape index (κ1) is 34.3. The Labute approximate surface area is 279 Å². The van der Waals surface area contributed by atoms with Crippen LogP contribution in [0.25, 0.3) is 11.4 Å². The van der Waals surface area contributed by atoms with Gasteiger partial charge in [-0.05, 0) is 81.9 Å². The number of ketones is 1. The Morgan fingerprint density at radius 2 is 1.80 bits per heavy atom. The second kappa shape index (κ2) is 15.1. The fraction of sp³-hybridized carbons (Fsp3) is 0.316. The molecule has 0 aliphatic heterocycles. The molecular weight excluding hydrogens is 589 g/mol. The van der Waals surface area contributed by atoms with Crippen molar-refractivity contribution in [2.75, 3.05) is 6.54 Å². The maximum Gasteiger partial charge on any atom is 0.231 e. The molecule has 0 unspecified atom stereocenters. The summed E-state index contributed by atoms with van der Waals surface area (Å²) in [7, 11) is 0. The Kier molecular flexibility index (Phi) is 11.3. The molecule has 3 N–H and O–H groups in total. The molecule has 0 fully saturated rings. The zero-order valence-electron chi connectivity index (χ0n) is 28.0. The van der Waals surface area contributed by atoms with Crippen LogP contribution in [0.1, 0.15) is 76.9 Å². The number of nitrogens with zero attached hydrogens (tertiary/aromatic N) is 3. The Bertz CT molecular complexity index is 1800. The van der Waals surface area contributed by atoms with Gasteiger partial charge in [-0.25, -0.2) is 4.98 Å². The number of nitrogens with one attached hydrogen (secondary N) is 3. The van der Waals surface area contributed by atoms with Gasteiger partial charge in [0.2, 0.25) is 5.62 Å². The number of Topliss-reactive ketones (excluding diaryl/α,β-unsaturated/α-hetero) is 1. The summed E-state index contributed by atoms with van der Waals surface area (Å²) >= 11 is 5.67. The van der Waals surface area contributed by atoms with Gasteiger partial charge in [-0.15, -0.1) is 0 Å². The summed E-state index contributed by atoms with van der Waals surface area (Å²) in [5, 5.41) is 10.4. The second-order valence-corrected chi connectivity index (χ2v) is 12.5. The van der Waals surface area contributed by atoms with Crippen molar-refractivity contribution in [1.29, 1.82) is 0 Å². The maximum absolute atomic E-state index is 11.6. The van der Waals surface area contributed by atoms with Crippen molar-refractivity contribution in [3.63, 3.8) is 0 Å². The van der Waals surface area contributed by atoms with Crippen molar-refractivity contribution < 1.29 is 4.79 Å². The molecule has 1 aromatic carbocycles. The molecule has 1 aromatic heterocycles. The van der Waals surface area contributed by atoms with Crippen LogP contribution in [0.2, 0.25) is 0 Å². The van der Waals surface area contributed by atoms with Gasteiger partial charge in [-0.1, -0.05) is 80.0 Å². The molecular formula is C38H46N6OS. The monoisotopic (exact) mass is 634 g/mol. The van der Waals surface area contributed by atoms with Crippen LogP contribution in [0.5, 0.6) is 0 Å².